The van der Waals surface area contributed by atoms with Gasteiger partial charge in [0.05, 0.1) is 35.4 Å². The summed E-state index contributed by atoms with van der Waals surface area (Å²) in [7, 11) is -1.43. The van der Waals surface area contributed by atoms with Gasteiger partial charge in [-0.3, -0.25) is 19.2 Å². The first kappa shape index (κ1) is 24.5. The second-order valence-electron chi connectivity index (χ2n) is 7.19. The number of nitrogens with one attached hydrogen (secondary N) is 1. The fraction of sp³-hybridized carbons (Fsp3) is 0.174. The molecule has 0 aliphatic rings. The zero-order chi connectivity index (χ0) is 24.9. The highest BCUT2D eigenvalue weighted by molar-refractivity contribution is 7.92. The van der Waals surface area contributed by atoms with E-state index in [0.717, 1.165) is 15.9 Å². The number of carbonyl (C=O) groups is 1. The fourth-order valence-corrected chi connectivity index (χ4v) is 4.69. The van der Waals surface area contributed by atoms with E-state index in [1.165, 1.54) is 38.5 Å². The largest absolute Gasteiger partial charge is 0.495 e. The van der Waals surface area contributed by atoms with E-state index in [-0.39, 0.29) is 33.5 Å². The average Bonchev–Trinajstić information content (AvgIpc) is 2.82. The molecule has 0 unspecified atom stereocenters. The Bertz CT molecular complexity index is 1310. The Morgan fingerprint density at radius 3 is 2.26 bits per heavy atom. The third-order valence-corrected chi connectivity index (χ3v) is 6.66. The quantitative estimate of drug-likeness (QED) is 0.361. The van der Waals surface area contributed by atoms with E-state index >= 15 is 0 Å². The summed E-state index contributed by atoms with van der Waals surface area (Å²) in [6.45, 7) is 1.16. The summed E-state index contributed by atoms with van der Waals surface area (Å²) in [5, 5.41) is 13.7. The molecule has 3 aromatic rings. The molecule has 0 bridgehead atoms. The summed E-state index contributed by atoms with van der Waals surface area (Å²) in [4.78, 5) is 23.5. The summed E-state index contributed by atoms with van der Waals surface area (Å²) >= 11 is 0. The standard InChI is InChI=1S/C23H23N3O7S/c1-16-9-11-22(33-3)20(13-16)25(34(30,31)18-7-5-4-6-8-18)15-23(27)24-19-14-17(26(28)29)10-12-21(19)32-2/h4-14H,15H2,1-3H3,(H,24,27). The number of aryl methyl sites for hydroxylation is 1. The van der Waals surface area contributed by atoms with E-state index in [1.54, 1.807) is 43.3 Å². The maximum Gasteiger partial charge on any atom is 0.271 e. The molecule has 10 nitrogen and oxygen atoms in total. The van der Waals surface area contributed by atoms with Crippen molar-refractivity contribution in [1.82, 2.24) is 0 Å². The molecule has 0 aliphatic heterocycles. The molecule has 0 spiro atoms. The van der Waals surface area contributed by atoms with Crippen LogP contribution in [0, 0.1) is 17.0 Å². The highest BCUT2D eigenvalue weighted by Gasteiger charge is 2.30. The molecule has 34 heavy (non-hydrogen) atoms. The summed E-state index contributed by atoms with van der Waals surface area (Å²) in [5.41, 5.74) is 0.706. The molecule has 0 heterocycles. The van der Waals surface area contributed by atoms with Crippen LogP contribution in [-0.4, -0.2) is 40.0 Å². The maximum atomic E-state index is 13.5. The third-order valence-electron chi connectivity index (χ3n) is 4.89. The lowest BCUT2D eigenvalue weighted by Crippen LogP contribution is -2.38. The zero-order valence-electron chi connectivity index (χ0n) is 18.7. The molecule has 0 radical (unpaired) electrons. The SMILES string of the molecule is COc1ccc([N+](=O)[O-])cc1NC(=O)CN(c1cc(C)ccc1OC)S(=O)(=O)c1ccccc1. The minimum Gasteiger partial charge on any atom is -0.495 e. The van der Waals surface area contributed by atoms with Gasteiger partial charge in [0.1, 0.15) is 18.0 Å². The first-order chi connectivity index (χ1) is 16.2. The lowest BCUT2D eigenvalue weighted by molar-refractivity contribution is -0.384. The molecule has 0 saturated heterocycles. The van der Waals surface area contributed by atoms with Gasteiger partial charge in [-0.1, -0.05) is 24.3 Å². The predicted octanol–water partition coefficient (Wildman–Crippen LogP) is 3.75. The number of hydrogen-bond acceptors (Lipinski definition) is 7. The van der Waals surface area contributed by atoms with Crippen LogP contribution in [0.2, 0.25) is 0 Å². The van der Waals surface area contributed by atoms with Gasteiger partial charge in [-0.2, -0.15) is 0 Å². The zero-order valence-corrected chi connectivity index (χ0v) is 19.5. The van der Waals surface area contributed by atoms with Crippen LogP contribution in [0.3, 0.4) is 0 Å². The molecular weight excluding hydrogens is 462 g/mol. The Kier molecular flexibility index (Phi) is 7.37. The highest BCUT2D eigenvalue weighted by atomic mass is 32.2. The number of nitrogens with zero attached hydrogens (tertiary/aromatic N) is 2. The smallest absolute Gasteiger partial charge is 0.271 e. The molecule has 1 amide bonds. The Morgan fingerprint density at radius 2 is 1.65 bits per heavy atom. The number of hydrogen-bond donors (Lipinski definition) is 1. The number of benzene rings is 3. The molecule has 3 aromatic carbocycles. The van der Waals surface area contributed by atoms with E-state index in [0.29, 0.717) is 0 Å². The predicted molar refractivity (Wildman–Crippen MR) is 127 cm³/mol. The van der Waals surface area contributed by atoms with Gasteiger partial charge in [-0.05, 0) is 42.8 Å². The molecule has 0 saturated carbocycles. The number of carbonyl (C=O) groups excluding carboxylic acids is 1. The monoisotopic (exact) mass is 485 g/mol. The van der Waals surface area contributed by atoms with Crippen molar-refractivity contribution >= 4 is 33.0 Å². The molecule has 178 valence electrons. The van der Waals surface area contributed by atoms with Crippen molar-refractivity contribution in [1.29, 1.82) is 0 Å². The van der Waals surface area contributed by atoms with Gasteiger partial charge in [0, 0.05) is 12.1 Å². The summed E-state index contributed by atoms with van der Waals surface area (Å²) in [6.07, 6.45) is 0. The lowest BCUT2D eigenvalue weighted by atomic mass is 10.2. The molecular formula is C23H23N3O7S. The number of nitro benzene ring substituents is 1. The second-order valence-corrected chi connectivity index (χ2v) is 9.05. The number of non-ortho nitro benzene ring substituents is 1. The van der Waals surface area contributed by atoms with E-state index in [4.69, 9.17) is 9.47 Å². The summed E-state index contributed by atoms with van der Waals surface area (Å²) in [6, 6.07) is 16.4. The molecule has 0 aromatic heterocycles. The van der Waals surface area contributed by atoms with Crippen LogP contribution in [0.1, 0.15) is 5.56 Å². The number of rotatable bonds is 9. The number of ether oxygens (including phenoxy) is 2. The number of sulfonamides is 1. The molecule has 0 atom stereocenters. The van der Waals surface area contributed by atoms with Crippen molar-refractivity contribution in [3.63, 3.8) is 0 Å². The van der Waals surface area contributed by atoms with Gasteiger partial charge in [-0.25, -0.2) is 8.42 Å². The summed E-state index contributed by atoms with van der Waals surface area (Å²) < 4.78 is 38.6. The van der Waals surface area contributed by atoms with Gasteiger partial charge in [0.2, 0.25) is 5.91 Å². The Balaban J connectivity index is 2.04. The van der Waals surface area contributed by atoms with Crippen molar-refractivity contribution in [2.45, 2.75) is 11.8 Å². The van der Waals surface area contributed by atoms with E-state index in [2.05, 4.69) is 5.32 Å². The van der Waals surface area contributed by atoms with E-state index < -0.39 is 27.4 Å². The Morgan fingerprint density at radius 1 is 1.00 bits per heavy atom. The molecule has 0 fully saturated rings. The van der Waals surface area contributed by atoms with Crippen molar-refractivity contribution in [3.8, 4) is 11.5 Å². The van der Waals surface area contributed by atoms with Crippen LogP contribution in [-0.2, 0) is 14.8 Å². The van der Waals surface area contributed by atoms with Crippen LogP contribution in [0.15, 0.2) is 71.6 Å². The Hall–Kier alpha value is -4.12. The molecule has 0 aliphatic carbocycles. The number of methoxy groups -OCH3 is 2. The fourth-order valence-electron chi connectivity index (χ4n) is 3.24. The van der Waals surface area contributed by atoms with Gasteiger partial charge in [0.15, 0.2) is 0 Å². The molecule has 3 rings (SSSR count). The summed E-state index contributed by atoms with van der Waals surface area (Å²) in [5.74, 6) is -0.294. The molecule has 11 heteroatoms. The first-order valence-electron chi connectivity index (χ1n) is 10.0. The van der Waals surface area contributed by atoms with E-state index in [1.807, 2.05) is 0 Å². The number of anilines is 2. The van der Waals surface area contributed by atoms with Crippen molar-refractivity contribution in [3.05, 3.63) is 82.4 Å². The number of amides is 1. The van der Waals surface area contributed by atoms with Crippen LogP contribution in [0.4, 0.5) is 17.1 Å². The van der Waals surface area contributed by atoms with Gasteiger partial charge in [-0.15, -0.1) is 0 Å². The average molecular weight is 486 g/mol. The van der Waals surface area contributed by atoms with Crippen LogP contribution in [0.5, 0.6) is 11.5 Å². The Labute approximate surface area is 196 Å². The topological polar surface area (TPSA) is 128 Å². The van der Waals surface area contributed by atoms with Crippen molar-refractivity contribution in [2.24, 2.45) is 0 Å². The highest BCUT2D eigenvalue weighted by Crippen LogP contribution is 2.34. The first-order valence-corrected chi connectivity index (χ1v) is 11.5. The van der Waals surface area contributed by atoms with Crippen LogP contribution < -0.4 is 19.1 Å². The number of nitro groups is 1. The van der Waals surface area contributed by atoms with Gasteiger partial charge >= 0.3 is 0 Å². The van der Waals surface area contributed by atoms with Gasteiger partial charge in [0.25, 0.3) is 15.7 Å². The van der Waals surface area contributed by atoms with Crippen molar-refractivity contribution in [2.75, 3.05) is 30.4 Å². The maximum absolute atomic E-state index is 13.5. The van der Waals surface area contributed by atoms with Crippen molar-refractivity contribution < 1.29 is 27.6 Å². The minimum atomic E-state index is -4.18. The van der Waals surface area contributed by atoms with Crippen LogP contribution >= 0.6 is 0 Å². The van der Waals surface area contributed by atoms with E-state index in [9.17, 15) is 23.3 Å². The van der Waals surface area contributed by atoms with Gasteiger partial charge < -0.3 is 14.8 Å². The lowest BCUT2D eigenvalue weighted by Gasteiger charge is -2.26. The minimum absolute atomic E-state index is 0.0145. The second kappa shape index (κ2) is 10.2. The van der Waals surface area contributed by atoms with Crippen LogP contribution in [0.25, 0.3) is 0 Å². The molecule has 1 N–H and O–H groups in total. The normalized spacial score (nSPS) is 10.9. The third kappa shape index (κ3) is 5.26.